The molecule has 1 saturated heterocycles. The van der Waals surface area contributed by atoms with Gasteiger partial charge >= 0.3 is 0 Å². The molecule has 26 heavy (non-hydrogen) atoms. The molecule has 0 aliphatic carbocycles. The van der Waals surface area contributed by atoms with Gasteiger partial charge in [-0.25, -0.2) is 17.2 Å². The maximum absolute atomic E-state index is 13.8. The van der Waals surface area contributed by atoms with Gasteiger partial charge in [0.1, 0.15) is 27.8 Å². The minimum Gasteiger partial charge on any atom is -0.360 e. The first-order valence-electron chi connectivity index (χ1n) is 7.89. The number of amides is 1. The Bertz CT molecular complexity index is 911. The highest BCUT2D eigenvalue weighted by molar-refractivity contribution is 7.89. The maximum atomic E-state index is 13.8. The van der Waals surface area contributed by atoms with E-state index in [9.17, 15) is 22.0 Å². The van der Waals surface area contributed by atoms with E-state index in [2.05, 4.69) is 5.16 Å². The Kier molecular flexibility index (Phi) is 4.80. The van der Waals surface area contributed by atoms with Gasteiger partial charge in [0, 0.05) is 26.2 Å². The fraction of sp³-hybridized carbons (Fsp3) is 0.375. The molecule has 0 radical (unpaired) electrons. The topological polar surface area (TPSA) is 83.7 Å². The normalized spacial score (nSPS) is 16.1. The molecule has 1 aromatic carbocycles. The van der Waals surface area contributed by atoms with Crippen molar-refractivity contribution in [1.29, 1.82) is 0 Å². The molecule has 0 saturated carbocycles. The van der Waals surface area contributed by atoms with Crippen molar-refractivity contribution in [2.24, 2.45) is 0 Å². The molecule has 2 aromatic rings. The van der Waals surface area contributed by atoms with Gasteiger partial charge in [-0.1, -0.05) is 11.2 Å². The molecule has 0 unspecified atom stereocenters. The molecule has 1 aliphatic heterocycles. The second-order valence-electron chi connectivity index (χ2n) is 5.95. The molecule has 10 heteroatoms. The van der Waals surface area contributed by atoms with E-state index >= 15 is 0 Å². The molecule has 0 bridgehead atoms. The van der Waals surface area contributed by atoms with Gasteiger partial charge in [-0.2, -0.15) is 4.31 Å². The van der Waals surface area contributed by atoms with Crippen LogP contribution in [-0.4, -0.2) is 54.9 Å². The number of rotatable bonds is 3. The van der Waals surface area contributed by atoms with Crippen LogP contribution in [0.5, 0.6) is 0 Å². The summed E-state index contributed by atoms with van der Waals surface area (Å²) in [5, 5.41) is 3.65. The van der Waals surface area contributed by atoms with Gasteiger partial charge in [-0.05, 0) is 26.0 Å². The third-order valence-corrected chi connectivity index (χ3v) is 6.41. The lowest BCUT2D eigenvalue weighted by Gasteiger charge is -2.34. The van der Waals surface area contributed by atoms with Gasteiger partial charge in [0.15, 0.2) is 5.76 Å². The highest BCUT2D eigenvalue weighted by Gasteiger charge is 2.35. The highest BCUT2D eigenvalue weighted by atomic mass is 32.2. The van der Waals surface area contributed by atoms with E-state index in [0.717, 1.165) is 12.1 Å². The molecule has 0 atom stereocenters. The summed E-state index contributed by atoms with van der Waals surface area (Å²) in [6.07, 6.45) is 0. The number of aryl methyl sites for hydroxylation is 2. The molecular weight excluding hydrogens is 368 g/mol. The van der Waals surface area contributed by atoms with Crippen LogP contribution in [0.2, 0.25) is 0 Å². The van der Waals surface area contributed by atoms with E-state index in [4.69, 9.17) is 4.52 Å². The average molecular weight is 385 g/mol. The van der Waals surface area contributed by atoms with Crippen molar-refractivity contribution in [2.75, 3.05) is 26.2 Å². The summed E-state index contributed by atoms with van der Waals surface area (Å²) in [5.74, 6) is -2.49. The molecule has 1 fully saturated rings. The van der Waals surface area contributed by atoms with Gasteiger partial charge in [0.25, 0.3) is 5.91 Å². The molecule has 3 rings (SSSR count). The number of sulfonamides is 1. The first-order chi connectivity index (χ1) is 12.2. The van der Waals surface area contributed by atoms with Crippen LogP contribution in [0.15, 0.2) is 27.6 Å². The lowest BCUT2D eigenvalue weighted by atomic mass is 10.1. The number of benzene rings is 1. The van der Waals surface area contributed by atoms with Crippen LogP contribution >= 0.6 is 0 Å². The van der Waals surface area contributed by atoms with Crippen LogP contribution in [0.4, 0.5) is 8.78 Å². The Labute approximate surface area is 149 Å². The molecule has 0 N–H and O–H groups in total. The summed E-state index contributed by atoms with van der Waals surface area (Å²) in [5.41, 5.74) is -0.371. The quantitative estimate of drug-likeness (QED) is 0.803. The van der Waals surface area contributed by atoms with Crippen LogP contribution < -0.4 is 0 Å². The van der Waals surface area contributed by atoms with Crippen LogP contribution in [-0.2, 0) is 10.0 Å². The SMILES string of the molecule is Cc1noc(C)c1S(=O)(=O)N1CCN(C(=O)c2c(F)cccc2F)CC1. The second kappa shape index (κ2) is 6.76. The predicted molar refractivity (Wildman–Crippen MR) is 87.0 cm³/mol. The summed E-state index contributed by atoms with van der Waals surface area (Å²) in [6, 6.07) is 3.19. The molecule has 140 valence electrons. The number of hydrogen-bond acceptors (Lipinski definition) is 5. The Hall–Kier alpha value is -2.33. The Morgan fingerprint density at radius 2 is 1.69 bits per heavy atom. The zero-order valence-corrected chi connectivity index (χ0v) is 15.0. The van der Waals surface area contributed by atoms with Gasteiger partial charge in [-0.3, -0.25) is 4.79 Å². The third kappa shape index (κ3) is 3.10. The van der Waals surface area contributed by atoms with Gasteiger partial charge in [-0.15, -0.1) is 0 Å². The minimum absolute atomic E-state index is 0.00814. The molecule has 7 nitrogen and oxygen atoms in total. The maximum Gasteiger partial charge on any atom is 0.259 e. The van der Waals surface area contributed by atoms with Crippen molar-refractivity contribution in [2.45, 2.75) is 18.7 Å². The molecule has 1 aliphatic rings. The van der Waals surface area contributed by atoms with Crippen LogP contribution in [0.25, 0.3) is 0 Å². The highest BCUT2D eigenvalue weighted by Crippen LogP contribution is 2.25. The van der Waals surface area contributed by atoms with Crippen molar-refractivity contribution in [1.82, 2.24) is 14.4 Å². The van der Waals surface area contributed by atoms with Gasteiger partial charge in [0.2, 0.25) is 10.0 Å². The second-order valence-corrected chi connectivity index (χ2v) is 7.82. The fourth-order valence-corrected chi connectivity index (χ4v) is 4.68. The molecule has 1 aromatic heterocycles. The first-order valence-corrected chi connectivity index (χ1v) is 9.34. The van der Waals surface area contributed by atoms with Crippen molar-refractivity contribution >= 4 is 15.9 Å². The van der Waals surface area contributed by atoms with E-state index < -0.39 is 33.1 Å². The summed E-state index contributed by atoms with van der Waals surface area (Å²) >= 11 is 0. The van der Waals surface area contributed by atoms with E-state index in [1.54, 1.807) is 0 Å². The van der Waals surface area contributed by atoms with Crippen molar-refractivity contribution in [3.63, 3.8) is 0 Å². The van der Waals surface area contributed by atoms with E-state index in [1.807, 2.05) is 0 Å². The zero-order chi connectivity index (χ0) is 19.1. The summed E-state index contributed by atoms with van der Waals surface area (Å²) in [4.78, 5) is 13.6. The number of aromatic nitrogens is 1. The summed E-state index contributed by atoms with van der Waals surface area (Å²) in [7, 11) is -3.82. The molecule has 1 amide bonds. The lowest BCUT2D eigenvalue weighted by Crippen LogP contribution is -2.50. The molecule has 0 spiro atoms. The average Bonchev–Trinajstić information content (AvgIpc) is 2.94. The minimum atomic E-state index is -3.82. The number of hydrogen-bond donors (Lipinski definition) is 0. The first kappa shape index (κ1) is 18.5. The van der Waals surface area contributed by atoms with E-state index in [1.165, 1.54) is 29.1 Å². The standard InChI is InChI=1S/C16H17F2N3O4S/c1-10-15(11(2)25-19-10)26(23,24)21-8-6-20(7-9-21)16(22)14-12(17)4-3-5-13(14)18/h3-5H,6-9H2,1-2H3. The van der Waals surface area contributed by atoms with Crippen LogP contribution in [0.1, 0.15) is 21.8 Å². The van der Waals surface area contributed by atoms with Crippen molar-refractivity contribution in [3.05, 3.63) is 46.9 Å². The zero-order valence-electron chi connectivity index (χ0n) is 14.2. The number of piperazine rings is 1. The number of halogens is 2. The third-order valence-electron chi connectivity index (χ3n) is 4.27. The molecular formula is C16H17F2N3O4S. The summed E-state index contributed by atoms with van der Waals surface area (Å²) < 4.78 is 59.2. The van der Waals surface area contributed by atoms with Crippen LogP contribution in [0.3, 0.4) is 0 Å². The predicted octanol–water partition coefficient (Wildman–Crippen LogP) is 1.72. The number of nitrogens with zero attached hydrogens (tertiary/aromatic N) is 3. The van der Waals surface area contributed by atoms with Gasteiger partial charge in [0.05, 0.1) is 0 Å². The largest absolute Gasteiger partial charge is 0.360 e. The number of carbonyl (C=O) groups excluding carboxylic acids is 1. The smallest absolute Gasteiger partial charge is 0.259 e. The van der Waals surface area contributed by atoms with Crippen molar-refractivity contribution in [3.8, 4) is 0 Å². The van der Waals surface area contributed by atoms with Gasteiger partial charge < -0.3 is 9.42 Å². The van der Waals surface area contributed by atoms with E-state index in [0.29, 0.717) is 0 Å². The Morgan fingerprint density at radius 3 is 2.19 bits per heavy atom. The Morgan fingerprint density at radius 1 is 1.12 bits per heavy atom. The summed E-state index contributed by atoms with van der Waals surface area (Å²) in [6.45, 7) is 3.10. The lowest BCUT2D eigenvalue weighted by molar-refractivity contribution is 0.0688. The Balaban J connectivity index is 1.76. The number of carbonyl (C=O) groups is 1. The molecule has 2 heterocycles. The van der Waals surface area contributed by atoms with Crippen LogP contribution in [0, 0.1) is 25.5 Å². The van der Waals surface area contributed by atoms with E-state index in [-0.39, 0.29) is 42.5 Å². The monoisotopic (exact) mass is 385 g/mol. The van der Waals surface area contributed by atoms with Crippen molar-refractivity contribution < 1.29 is 26.5 Å². The fourth-order valence-electron chi connectivity index (χ4n) is 2.96.